The number of nitrogen functional groups attached to an aromatic ring is 1. The third-order valence-corrected chi connectivity index (χ3v) is 13.4. The molecule has 0 saturated heterocycles. The van der Waals surface area contributed by atoms with Gasteiger partial charge in [0, 0.05) is 23.1 Å². The monoisotopic (exact) mass is 1130 g/mol. The van der Waals surface area contributed by atoms with Gasteiger partial charge in [0.1, 0.15) is 43.6 Å². The first-order chi connectivity index (χ1) is 29.5. The van der Waals surface area contributed by atoms with Crippen molar-refractivity contribution in [3.8, 4) is 17.2 Å². The van der Waals surface area contributed by atoms with Gasteiger partial charge < -0.3 is 49.8 Å². The topological polar surface area (TPSA) is 438 Å². The standard InChI is InChI=1S/C29H29N5O23S6.CH4.5Na/c1-50-20-13-24(61(42,43)8-6-53-63(47,48)49)21(51-2)11-18(20)32-33-19-12-23(62(44,45)46)16-10-22(58-56-54-38)27(28(35)25(16)26(19)30)34-31-17-4-3-14(9-15(17)29(36)37)60(40,41)7-5-52-59-57-55-39;;;;;;/h3-4,9-13,35,38-39H,5-8,30H2,1-2H3,(H,36,37)(H,44,45,46)(H,47,48,49);1H4;;;;;/q;;5*+1/p-5. The molecule has 0 saturated carbocycles. The van der Waals surface area contributed by atoms with Gasteiger partial charge in [-0.2, -0.15) is 4.33 Å². The number of carbonyl (C=O) groups excluding carboxylic acids is 1. The zero-order valence-electron chi connectivity index (χ0n) is 36.1. The van der Waals surface area contributed by atoms with Crippen LogP contribution in [0.3, 0.4) is 0 Å². The van der Waals surface area contributed by atoms with Crippen LogP contribution in [0, 0.1) is 0 Å². The van der Waals surface area contributed by atoms with E-state index in [2.05, 4.69) is 47.6 Å². The van der Waals surface area contributed by atoms with E-state index in [-0.39, 0.29) is 191 Å². The number of sulfone groups is 2. The Morgan fingerprint density at radius 3 is 1.86 bits per heavy atom. The van der Waals surface area contributed by atoms with Crippen molar-refractivity contribution in [1.82, 2.24) is 0 Å². The van der Waals surface area contributed by atoms with Crippen molar-refractivity contribution in [3.63, 3.8) is 0 Å². The molecule has 4 aromatic carbocycles. The molecule has 0 aliphatic rings. The van der Waals surface area contributed by atoms with Crippen LogP contribution in [0.25, 0.3) is 10.8 Å². The van der Waals surface area contributed by atoms with Gasteiger partial charge in [-0.1, -0.05) is 7.43 Å². The minimum Gasteiger partial charge on any atom is -0.744 e. The molecule has 0 fully saturated rings. The number of benzene rings is 4. The first-order valence-corrected chi connectivity index (χ1v) is 23.4. The molecule has 0 spiro atoms. The third-order valence-electron chi connectivity index (χ3n) is 7.73. The largest absolute Gasteiger partial charge is 1.00 e. The van der Waals surface area contributed by atoms with Gasteiger partial charge in [0.25, 0.3) is 0 Å². The van der Waals surface area contributed by atoms with Gasteiger partial charge in [-0.3, -0.25) is 18.4 Å². The average molecular weight is 1130 g/mol. The fourth-order valence-corrected chi connectivity index (χ4v) is 9.29. The molecule has 28 nitrogen and oxygen atoms in total. The summed E-state index contributed by atoms with van der Waals surface area (Å²) in [5, 5.41) is 64.5. The van der Waals surface area contributed by atoms with Crippen molar-refractivity contribution in [2.75, 3.05) is 44.7 Å². The van der Waals surface area contributed by atoms with Gasteiger partial charge >= 0.3 is 148 Å². The molecule has 0 radical (unpaired) electrons. The van der Waals surface area contributed by atoms with E-state index in [0.717, 1.165) is 44.6 Å². The van der Waals surface area contributed by atoms with Crippen molar-refractivity contribution >= 4 is 110 Å². The van der Waals surface area contributed by atoms with Gasteiger partial charge in [0.2, 0.25) is 10.4 Å². The summed E-state index contributed by atoms with van der Waals surface area (Å²) in [5.41, 5.74) is 2.50. The fraction of sp³-hybridized carbons (Fsp3) is 0.233. The Bertz CT molecular complexity index is 2920. The minimum absolute atomic E-state index is 0. The van der Waals surface area contributed by atoms with Crippen molar-refractivity contribution < 1.29 is 253 Å². The van der Waals surface area contributed by atoms with Gasteiger partial charge in [0.15, 0.2) is 37.7 Å². The van der Waals surface area contributed by atoms with Crippen LogP contribution in [-0.4, -0.2) is 92.8 Å². The number of phenols is 1. The van der Waals surface area contributed by atoms with Crippen LogP contribution in [0.15, 0.2) is 82.5 Å². The second-order valence-corrected chi connectivity index (χ2v) is 19.2. The molecule has 3 N–H and O–H groups in total. The zero-order valence-corrected chi connectivity index (χ0v) is 51.0. The van der Waals surface area contributed by atoms with E-state index in [4.69, 9.17) is 15.2 Å². The molecule has 39 heteroatoms. The second-order valence-electron chi connectivity index (χ2n) is 11.4. The number of carboxylic acids is 1. The summed E-state index contributed by atoms with van der Waals surface area (Å²) in [6.45, 7) is -1.61. The number of anilines is 1. The first kappa shape index (κ1) is 73.4. The fourth-order valence-electron chi connectivity index (χ4n) is 5.04. The number of rotatable bonds is 23. The predicted molar refractivity (Wildman–Crippen MR) is 207 cm³/mol. The number of nitrogens with zero attached hydrogens (tertiary/aromatic N) is 4. The molecule has 0 aromatic heterocycles. The first-order valence-electron chi connectivity index (χ1n) is 16.0. The number of aromatic carboxylic acids is 1. The van der Waals surface area contributed by atoms with E-state index in [1.54, 1.807) is 0 Å². The number of phenolic OH excluding ortho intramolecular Hbond substituents is 1. The molecule has 0 aliphatic carbocycles. The Balaban J connectivity index is -0.00000726. The number of hydrogen-bond donors (Lipinski definition) is 2. The van der Waals surface area contributed by atoms with Gasteiger partial charge in [-0.25, -0.2) is 33.7 Å². The number of nitrogens with two attached hydrogens (primary N) is 1. The van der Waals surface area contributed by atoms with Crippen LogP contribution in [-0.2, 0) is 67.3 Å². The van der Waals surface area contributed by atoms with E-state index in [1.165, 1.54) is 0 Å². The maximum atomic E-state index is 13.0. The predicted octanol–water partition coefficient (Wildman–Crippen LogP) is -14.0. The quantitative estimate of drug-likeness (QED) is 0.00801. The van der Waals surface area contributed by atoms with Crippen molar-refractivity contribution in [2.24, 2.45) is 20.5 Å². The Kier molecular flexibility index (Phi) is 34.6. The summed E-state index contributed by atoms with van der Waals surface area (Å²) in [7, 11) is -17.4. The van der Waals surface area contributed by atoms with E-state index in [0.29, 0.717) is 12.1 Å². The molecule has 4 aromatic rings. The zero-order chi connectivity index (χ0) is 46.9. The molecule has 0 bridgehead atoms. The molecule has 4 rings (SSSR count). The number of carboxylic acid groups (broad SMARTS) is 1. The number of ether oxygens (including phenoxy) is 2. The summed E-state index contributed by atoms with van der Waals surface area (Å²) in [4.78, 5) is 9.29. The number of carbonyl (C=O) groups is 1. The molecule has 0 atom stereocenters. The molecule has 0 aliphatic heterocycles. The van der Waals surface area contributed by atoms with E-state index in [9.17, 15) is 68.3 Å². The van der Waals surface area contributed by atoms with E-state index in [1.807, 2.05) is 0 Å². The van der Waals surface area contributed by atoms with E-state index >= 15 is 0 Å². The van der Waals surface area contributed by atoms with Crippen LogP contribution in [0.1, 0.15) is 17.8 Å². The molecule has 352 valence electrons. The number of aromatic hydroxyl groups is 1. The van der Waals surface area contributed by atoms with Crippen molar-refractivity contribution in [3.05, 3.63) is 48.0 Å². The number of methoxy groups -OCH3 is 2. The van der Waals surface area contributed by atoms with Gasteiger partial charge in [-0.15, -0.1) is 24.8 Å². The van der Waals surface area contributed by atoms with Crippen molar-refractivity contribution in [1.29, 1.82) is 0 Å². The smallest absolute Gasteiger partial charge is 0.744 e. The number of fused-ring (bicyclic) bond motifs is 1. The molecular formula is C30H28N5Na5O23S6. The Morgan fingerprint density at radius 2 is 1.30 bits per heavy atom. The summed E-state index contributed by atoms with van der Waals surface area (Å²) >= 11 is 0.0176. The molecule has 0 heterocycles. The minimum atomic E-state index is -5.53. The molecule has 0 unspecified atom stereocenters. The summed E-state index contributed by atoms with van der Waals surface area (Å²) in [6.07, 6.45) is 0. The Hall–Kier alpha value is 0.110. The number of hydrogen-bond acceptors (Lipinski definition) is 30. The van der Waals surface area contributed by atoms with Crippen LogP contribution < -0.4 is 179 Å². The Labute approximate surface area is 512 Å². The summed E-state index contributed by atoms with van der Waals surface area (Å²) in [6, 6.07) is 5.70. The maximum absolute atomic E-state index is 13.0. The SMILES string of the molecule is C.COc1cc(S(=O)(=O)CCOS(=O)(=O)[O-])c(OC)cc1N=Nc1cc(S(=O)(=O)[O-])c2cc(SOO[O-])c(N=Nc3ccc(S(=O)(=O)CCOSOO[O-])cc3C(=O)[O-])c(O)c2c1N.[Na+].[Na+].[Na+].[Na+].[Na+]. The number of azo groups is 2. The Morgan fingerprint density at radius 1 is 0.725 bits per heavy atom. The third kappa shape index (κ3) is 20.3. The van der Waals surface area contributed by atoms with Crippen LogP contribution in [0.2, 0.25) is 0 Å². The van der Waals surface area contributed by atoms with Crippen LogP contribution >= 0.6 is 24.4 Å². The normalized spacial score (nSPS) is 11.6. The summed E-state index contributed by atoms with van der Waals surface area (Å²) < 4.78 is 149. The maximum Gasteiger partial charge on any atom is 1.00 e. The van der Waals surface area contributed by atoms with Crippen LogP contribution in [0.4, 0.5) is 28.4 Å². The van der Waals surface area contributed by atoms with E-state index < -0.39 is 141 Å². The van der Waals surface area contributed by atoms with Crippen LogP contribution in [0.5, 0.6) is 17.2 Å². The summed E-state index contributed by atoms with van der Waals surface area (Å²) in [5.74, 6) is -5.59. The van der Waals surface area contributed by atoms with Crippen molar-refractivity contribution in [2.45, 2.75) is 27.0 Å². The molecule has 69 heavy (non-hydrogen) atoms. The molecule has 0 amide bonds. The molecular weight excluding hydrogens is 1110 g/mol. The second kappa shape index (κ2) is 32.5. The van der Waals surface area contributed by atoms with Gasteiger partial charge in [0.05, 0.1) is 88.4 Å². The average Bonchev–Trinajstić information content (AvgIpc) is 3.20. The van der Waals surface area contributed by atoms with Gasteiger partial charge in [-0.05, 0) is 30.3 Å².